The third kappa shape index (κ3) is 4.61. The molecule has 0 bridgehead atoms. The van der Waals surface area contributed by atoms with E-state index in [0.29, 0.717) is 12.2 Å². The summed E-state index contributed by atoms with van der Waals surface area (Å²) in [7, 11) is 0. The Hall–Kier alpha value is -1.29. The molecular weight excluding hydrogens is 214 g/mol. The van der Waals surface area contributed by atoms with Gasteiger partial charge < -0.3 is 15.2 Å². The zero-order chi connectivity index (χ0) is 12.7. The van der Waals surface area contributed by atoms with Crippen LogP contribution < -0.4 is 11.3 Å². The fourth-order valence-electron chi connectivity index (χ4n) is 1.94. The Morgan fingerprint density at radius 1 is 1.18 bits per heavy atom. The molecule has 0 saturated carbocycles. The van der Waals surface area contributed by atoms with E-state index in [1.807, 2.05) is 0 Å². The minimum atomic E-state index is 0.0205. The second-order valence-electron chi connectivity index (χ2n) is 4.34. The molecule has 4 heteroatoms. The quantitative estimate of drug-likeness (QED) is 0.783. The summed E-state index contributed by atoms with van der Waals surface area (Å²) in [6.07, 6.45) is 4.01. The summed E-state index contributed by atoms with van der Waals surface area (Å²) in [6, 6.07) is 3.17. The first-order valence-electron chi connectivity index (χ1n) is 6.35. The minimum Gasteiger partial charge on any atom is -0.398 e. The van der Waals surface area contributed by atoms with Crippen LogP contribution in [0.2, 0.25) is 0 Å². The highest BCUT2D eigenvalue weighted by Crippen LogP contribution is 1.98. The summed E-state index contributed by atoms with van der Waals surface area (Å²) >= 11 is 0. The lowest BCUT2D eigenvalue weighted by atomic mass is 10.3. The molecule has 0 fully saturated rings. The Bertz CT molecular complexity index is 380. The Labute approximate surface area is 103 Å². The Morgan fingerprint density at radius 2 is 1.82 bits per heavy atom. The lowest BCUT2D eigenvalue weighted by Gasteiger charge is -2.21. The number of rotatable bonds is 7. The number of nitrogens with zero attached hydrogens (tertiary/aromatic N) is 2. The van der Waals surface area contributed by atoms with E-state index in [9.17, 15) is 4.79 Å². The fourth-order valence-corrected chi connectivity index (χ4v) is 1.94. The number of hydrogen-bond donors (Lipinski definition) is 1. The number of nitrogen functional groups attached to an aromatic ring is 1. The van der Waals surface area contributed by atoms with Gasteiger partial charge in [-0.05, 0) is 32.0 Å². The van der Waals surface area contributed by atoms with Crippen molar-refractivity contribution in [3.05, 3.63) is 28.7 Å². The van der Waals surface area contributed by atoms with Crippen molar-refractivity contribution in [2.45, 2.75) is 33.2 Å². The minimum absolute atomic E-state index is 0.0205. The van der Waals surface area contributed by atoms with Crippen molar-refractivity contribution >= 4 is 5.69 Å². The summed E-state index contributed by atoms with van der Waals surface area (Å²) < 4.78 is 1.69. The monoisotopic (exact) mass is 237 g/mol. The lowest BCUT2D eigenvalue weighted by molar-refractivity contribution is 0.262. The highest BCUT2D eigenvalue weighted by molar-refractivity contribution is 5.33. The first-order chi connectivity index (χ1) is 8.17. The summed E-state index contributed by atoms with van der Waals surface area (Å²) in [6.45, 7) is 8.15. The molecular formula is C13H23N3O. The predicted molar refractivity (Wildman–Crippen MR) is 72.1 cm³/mol. The van der Waals surface area contributed by atoms with Gasteiger partial charge in [0.25, 0.3) is 5.56 Å². The molecule has 4 nitrogen and oxygen atoms in total. The van der Waals surface area contributed by atoms with Gasteiger partial charge >= 0.3 is 0 Å². The molecule has 0 atom stereocenters. The second-order valence-corrected chi connectivity index (χ2v) is 4.34. The largest absolute Gasteiger partial charge is 0.398 e. The highest BCUT2D eigenvalue weighted by Gasteiger charge is 2.03. The van der Waals surface area contributed by atoms with Crippen LogP contribution in [0, 0.1) is 0 Å². The molecule has 0 unspecified atom stereocenters. The Morgan fingerprint density at radius 3 is 2.41 bits per heavy atom. The van der Waals surface area contributed by atoms with Crippen molar-refractivity contribution in [2.24, 2.45) is 0 Å². The summed E-state index contributed by atoms with van der Waals surface area (Å²) in [5, 5.41) is 0. The topological polar surface area (TPSA) is 51.3 Å². The summed E-state index contributed by atoms with van der Waals surface area (Å²) in [5.41, 5.74) is 6.34. The molecule has 0 aliphatic rings. The van der Waals surface area contributed by atoms with Crippen LogP contribution in [0.3, 0.4) is 0 Å². The molecule has 17 heavy (non-hydrogen) atoms. The third-order valence-corrected chi connectivity index (χ3v) is 2.74. The number of pyridine rings is 1. The van der Waals surface area contributed by atoms with Crippen LogP contribution in [0.25, 0.3) is 0 Å². The summed E-state index contributed by atoms with van der Waals surface area (Å²) in [4.78, 5) is 14.0. The molecule has 0 aromatic carbocycles. The molecule has 0 saturated heterocycles. The van der Waals surface area contributed by atoms with E-state index in [0.717, 1.165) is 32.5 Å². The molecule has 1 heterocycles. The maximum atomic E-state index is 11.6. The molecule has 0 radical (unpaired) electrons. The van der Waals surface area contributed by atoms with Gasteiger partial charge in [-0.1, -0.05) is 13.8 Å². The van der Waals surface area contributed by atoms with Crippen molar-refractivity contribution in [2.75, 3.05) is 25.4 Å². The number of nitrogens with two attached hydrogens (primary N) is 1. The number of anilines is 1. The van der Waals surface area contributed by atoms with Crippen molar-refractivity contribution < 1.29 is 0 Å². The van der Waals surface area contributed by atoms with Gasteiger partial charge in [0.05, 0.1) is 0 Å². The second kappa shape index (κ2) is 7.12. The van der Waals surface area contributed by atoms with E-state index in [1.165, 1.54) is 6.07 Å². The molecule has 0 amide bonds. The first kappa shape index (κ1) is 13.8. The van der Waals surface area contributed by atoms with Crippen LogP contribution in [0.1, 0.15) is 26.7 Å². The van der Waals surface area contributed by atoms with Crippen molar-refractivity contribution in [3.8, 4) is 0 Å². The van der Waals surface area contributed by atoms with Gasteiger partial charge in [0.2, 0.25) is 0 Å². The zero-order valence-corrected chi connectivity index (χ0v) is 10.9. The van der Waals surface area contributed by atoms with Gasteiger partial charge in [0.1, 0.15) is 0 Å². The number of aromatic nitrogens is 1. The number of hydrogen-bond acceptors (Lipinski definition) is 3. The maximum Gasteiger partial charge on any atom is 0.250 e. The Balaban J connectivity index is 2.58. The van der Waals surface area contributed by atoms with E-state index in [2.05, 4.69) is 18.7 Å². The van der Waals surface area contributed by atoms with Crippen LogP contribution in [0.5, 0.6) is 0 Å². The first-order valence-corrected chi connectivity index (χ1v) is 6.35. The van der Waals surface area contributed by atoms with Gasteiger partial charge in [-0.3, -0.25) is 4.79 Å². The standard InChI is InChI=1S/C13H23N3O/c1-3-7-15(8-4-2)9-10-16-11-12(14)5-6-13(16)17/h5-6,11H,3-4,7-10,14H2,1-2H3. The van der Waals surface area contributed by atoms with Crippen molar-refractivity contribution in [3.63, 3.8) is 0 Å². The SMILES string of the molecule is CCCN(CCC)CCn1cc(N)ccc1=O. The molecule has 0 aliphatic carbocycles. The van der Waals surface area contributed by atoms with E-state index in [4.69, 9.17) is 5.73 Å². The van der Waals surface area contributed by atoms with Crippen LogP contribution in [-0.4, -0.2) is 29.1 Å². The summed E-state index contributed by atoms with van der Waals surface area (Å²) in [5.74, 6) is 0. The van der Waals surface area contributed by atoms with Crippen LogP contribution in [-0.2, 0) is 6.54 Å². The third-order valence-electron chi connectivity index (χ3n) is 2.74. The average molecular weight is 237 g/mol. The smallest absolute Gasteiger partial charge is 0.250 e. The van der Waals surface area contributed by atoms with E-state index < -0.39 is 0 Å². The normalized spacial score (nSPS) is 11.0. The van der Waals surface area contributed by atoms with Crippen LogP contribution in [0.4, 0.5) is 5.69 Å². The van der Waals surface area contributed by atoms with E-state index in [-0.39, 0.29) is 5.56 Å². The molecule has 0 spiro atoms. The Kier molecular flexibility index (Phi) is 5.77. The zero-order valence-electron chi connectivity index (χ0n) is 10.9. The maximum absolute atomic E-state index is 11.6. The van der Waals surface area contributed by atoms with Gasteiger partial charge in [-0.2, -0.15) is 0 Å². The van der Waals surface area contributed by atoms with Gasteiger partial charge in [-0.15, -0.1) is 0 Å². The molecule has 0 aliphatic heterocycles. The van der Waals surface area contributed by atoms with Gasteiger partial charge in [-0.25, -0.2) is 0 Å². The van der Waals surface area contributed by atoms with Crippen LogP contribution >= 0.6 is 0 Å². The highest BCUT2D eigenvalue weighted by atomic mass is 16.1. The fraction of sp³-hybridized carbons (Fsp3) is 0.615. The average Bonchev–Trinajstić information content (AvgIpc) is 2.30. The molecule has 1 rings (SSSR count). The van der Waals surface area contributed by atoms with Crippen LogP contribution in [0.15, 0.2) is 23.1 Å². The molecule has 1 aromatic rings. The van der Waals surface area contributed by atoms with Crippen molar-refractivity contribution in [1.82, 2.24) is 9.47 Å². The molecule has 1 aromatic heterocycles. The molecule has 2 N–H and O–H groups in total. The van der Waals surface area contributed by atoms with E-state index >= 15 is 0 Å². The predicted octanol–water partition coefficient (Wildman–Crippen LogP) is 1.55. The van der Waals surface area contributed by atoms with Crippen molar-refractivity contribution in [1.29, 1.82) is 0 Å². The lowest BCUT2D eigenvalue weighted by Crippen LogP contribution is -2.32. The molecule has 96 valence electrons. The van der Waals surface area contributed by atoms with E-state index in [1.54, 1.807) is 16.8 Å². The van der Waals surface area contributed by atoms with Gasteiger partial charge in [0.15, 0.2) is 0 Å². The van der Waals surface area contributed by atoms with Gasteiger partial charge in [0, 0.05) is 31.0 Å².